The molecule has 0 radical (unpaired) electrons. The van der Waals surface area contributed by atoms with E-state index < -0.39 is 0 Å². The van der Waals surface area contributed by atoms with Gasteiger partial charge in [0.25, 0.3) is 11.6 Å². The molecule has 3 N–H and O–H groups in total. The first-order chi connectivity index (χ1) is 20.7. The van der Waals surface area contributed by atoms with Crippen molar-refractivity contribution >= 4 is 57.5 Å². The molecule has 43 heavy (non-hydrogen) atoms. The Morgan fingerprint density at radius 1 is 1.00 bits per heavy atom. The monoisotopic (exact) mass is 595 g/mol. The van der Waals surface area contributed by atoms with Crippen molar-refractivity contribution in [3.63, 3.8) is 0 Å². The van der Waals surface area contributed by atoms with Gasteiger partial charge in [-0.25, -0.2) is 19.1 Å². The lowest BCUT2D eigenvalue weighted by Gasteiger charge is -2.11. The first-order valence-corrected chi connectivity index (χ1v) is 13.9. The molecule has 0 saturated heterocycles. The van der Waals surface area contributed by atoms with E-state index in [1.807, 2.05) is 72.7 Å². The molecule has 2 amide bonds. The number of aromatic nitrogens is 4. The van der Waals surface area contributed by atoms with Gasteiger partial charge < -0.3 is 20.9 Å². The maximum Gasteiger partial charge on any atom is 0.288 e. The van der Waals surface area contributed by atoms with Crippen LogP contribution in [0, 0.1) is 0 Å². The molecule has 0 unspecified atom stereocenters. The highest BCUT2D eigenvalue weighted by molar-refractivity contribution is 6.32. The third-order valence-corrected chi connectivity index (χ3v) is 6.96. The maximum absolute atomic E-state index is 12.9. The van der Waals surface area contributed by atoms with E-state index in [1.54, 1.807) is 48.7 Å². The molecule has 3 aromatic heterocycles. The zero-order valence-corrected chi connectivity index (χ0v) is 25.1. The van der Waals surface area contributed by atoms with Gasteiger partial charge in [-0.15, -0.1) is 0 Å². The van der Waals surface area contributed by atoms with Crippen LogP contribution in [0.5, 0.6) is 0 Å². The molecule has 5 rings (SSSR count). The summed E-state index contributed by atoms with van der Waals surface area (Å²) in [5.74, 6) is -0.148. The molecule has 2 aromatic carbocycles. The molecular weight excluding hydrogens is 564 g/mol. The second-order valence-electron chi connectivity index (χ2n) is 10.3. The summed E-state index contributed by atoms with van der Waals surface area (Å²) in [6.45, 7) is 0.668. The molecule has 3 heterocycles. The zero-order valence-electron chi connectivity index (χ0n) is 24.3. The van der Waals surface area contributed by atoms with Gasteiger partial charge in [0.15, 0.2) is 5.69 Å². The Morgan fingerprint density at radius 3 is 2.53 bits per heavy atom. The van der Waals surface area contributed by atoms with Crippen LogP contribution in [0.25, 0.3) is 22.4 Å². The van der Waals surface area contributed by atoms with Crippen molar-refractivity contribution in [3.8, 4) is 11.4 Å². The summed E-state index contributed by atoms with van der Waals surface area (Å²) in [7, 11) is 7.82. The lowest BCUT2D eigenvalue weighted by atomic mass is 10.2. The predicted molar refractivity (Wildman–Crippen MR) is 171 cm³/mol. The van der Waals surface area contributed by atoms with Crippen molar-refractivity contribution in [2.45, 2.75) is 0 Å². The fraction of sp³-hybridized carbons (Fsp3) is 0.156. The Balaban J connectivity index is 1.26. The molecule has 218 valence electrons. The fourth-order valence-corrected chi connectivity index (χ4v) is 4.79. The van der Waals surface area contributed by atoms with Crippen molar-refractivity contribution in [1.29, 1.82) is 0 Å². The molecule has 0 saturated carbocycles. The average Bonchev–Trinajstić information content (AvgIpc) is 3.36. The molecule has 0 aliphatic carbocycles. The van der Waals surface area contributed by atoms with E-state index in [4.69, 9.17) is 16.6 Å². The van der Waals surface area contributed by atoms with Gasteiger partial charge in [-0.05, 0) is 74.8 Å². The fourth-order valence-electron chi connectivity index (χ4n) is 4.61. The molecule has 11 heteroatoms. The Kier molecular flexibility index (Phi) is 8.79. The van der Waals surface area contributed by atoms with Crippen LogP contribution < -0.4 is 20.5 Å². The van der Waals surface area contributed by atoms with Crippen molar-refractivity contribution in [3.05, 3.63) is 102 Å². The average molecular weight is 596 g/mol. The maximum atomic E-state index is 12.9. The minimum absolute atomic E-state index is 0.230. The van der Waals surface area contributed by atoms with E-state index in [0.717, 1.165) is 16.7 Å². The van der Waals surface area contributed by atoms with Crippen LogP contribution in [0.2, 0.25) is 5.02 Å². The largest absolute Gasteiger partial charge is 0.324 e. The lowest BCUT2D eigenvalue weighted by molar-refractivity contribution is -0.636. The topological polar surface area (TPSA) is 108 Å². The Hall–Kier alpha value is -5.06. The number of aryl methyl sites for hydroxylation is 2. The van der Waals surface area contributed by atoms with E-state index in [2.05, 4.69) is 27.0 Å². The number of nitrogens with one attached hydrogen (secondary N) is 3. The Bertz CT molecular complexity index is 1830. The molecule has 0 spiro atoms. The van der Waals surface area contributed by atoms with Gasteiger partial charge in [0.05, 0.1) is 36.9 Å². The van der Waals surface area contributed by atoms with E-state index in [-0.39, 0.29) is 11.8 Å². The summed E-state index contributed by atoms with van der Waals surface area (Å²) in [6, 6.07) is 20.0. The number of anilines is 4. The third kappa shape index (κ3) is 7.06. The van der Waals surface area contributed by atoms with Gasteiger partial charge in [0.1, 0.15) is 5.69 Å². The summed E-state index contributed by atoms with van der Waals surface area (Å²) < 4.78 is 4.10. The minimum atomic E-state index is -0.283. The number of benzene rings is 2. The number of carbonyl (C=O) groups excluding carboxylic acids is 2. The van der Waals surface area contributed by atoms with Crippen LogP contribution in [0.3, 0.4) is 0 Å². The number of carbonyl (C=O) groups is 2. The van der Waals surface area contributed by atoms with E-state index in [0.29, 0.717) is 45.8 Å². The van der Waals surface area contributed by atoms with Gasteiger partial charge in [0, 0.05) is 35.2 Å². The first kappa shape index (κ1) is 29.4. The third-order valence-electron chi connectivity index (χ3n) is 6.69. The van der Waals surface area contributed by atoms with Crippen LogP contribution in [-0.4, -0.2) is 51.9 Å². The Labute approximate surface area is 254 Å². The normalized spacial score (nSPS) is 11.3. The lowest BCUT2D eigenvalue weighted by Crippen LogP contribution is -2.34. The van der Waals surface area contributed by atoms with Crippen molar-refractivity contribution in [2.75, 3.05) is 36.6 Å². The van der Waals surface area contributed by atoms with Crippen LogP contribution in [0.15, 0.2) is 91.3 Å². The van der Waals surface area contributed by atoms with Crippen molar-refractivity contribution in [2.24, 2.45) is 14.1 Å². The molecular formula is C32H32ClN8O2+. The number of amides is 2. The number of rotatable bonds is 9. The molecule has 0 fully saturated rings. The van der Waals surface area contributed by atoms with Gasteiger partial charge in [-0.1, -0.05) is 23.7 Å². The quantitative estimate of drug-likeness (QED) is 0.160. The summed E-state index contributed by atoms with van der Waals surface area (Å²) in [4.78, 5) is 36.0. The summed E-state index contributed by atoms with van der Waals surface area (Å²) in [6.07, 6.45) is 6.85. The standard InChI is InChI=1S/C32H31ClN8O2/c1-39(2)17-6-9-28(42)35-23-13-10-21(11-14-23)30(43)36-24-7-5-8-25(19-24)37-32-34-20-26(33)29(38-32)27-15-12-22-16-18-40(3)31(22)41(27)4/h5-16,18-20H,17H2,1-4H3,(H2-,34,35,36,37,38,42,43)/p+1/b9-6+. The highest BCUT2D eigenvalue weighted by Crippen LogP contribution is 2.27. The van der Waals surface area contributed by atoms with Gasteiger partial charge in [-0.3, -0.25) is 9.59 Å². The molecule has 10 nitrogen and oxygen atoms in total. The zero-order chi connectivity index (χ0) is 30.5. The number of nitrogens with zero attached hydrogens (tertiary/aromatic N) is 5. The summed E-state index contributed by atoms with van der Waals surface area (Å²) in [5.41, 5.74) is 4.81. The molecule has 0 aliphatic rings. The molecule has 5 aromatic rings. The minimum Gasteiger partial charge on any atom is -0.324 e. The number of hydrogen-bond donors (Lipinski definition) is 3. The second kappa shape index (κ2) is 12.8. The highest BCUT2D eigenvalue weighted by Gasteiger charge is 2.19. The van der Waals surface area contributed by atoms with Crippen LogP contribution in [-0.2, 0) is 18.9 Å². The second-order valence-corrected chi connectivity index (χ2v) is 10.7. The molecule has 0 atom stereocenters. The van der Waals surface area contributed by atoms with Crippen LogP contribution in [0.1, 0.15) is 10.4 Å². The van der Waals surface area contributed by atoms with Crippen molar-refractivity contribution in [1.82, 2.24) is 19.4 Å². The summed E-state index contributed by atoms with van der Waals surface area (Å²) >= 11 is 6.53. The van der Waals surface area contributed by atoms with Crippen molar-refractivity contribution < 1.29 is 14.2 Å². The van der Waals surface area contributed by atoms with Gasteiger partial charge >= 0.3 is 0 Å². The SMILES string of the molecule is CN(C)C/C=C/C(=O)Nc1ccc(C(=O)Nc2cccc(Nc3ncc(Cl)c(-c4ccc5ccn(C)c5[n+]4C)n3)c2)cc1. The number of hydrogen-bond acceptors (Lipinski definition) is 6. The van der Waals surface area contributed by atoms with Gasteiger partial charge in [0.2, 0.25) is 11.9 Å². The highest BCUT2D eigenvalue weighted by atomic mass is 35.5. The number of pyridine rings is 1. The van der Waals surface area contributed by atoms with Crippen LogP contribution >= 0.6 is 11.6 Å². The molecule has 0 aliphatic heterocycles. The Morgan fingerprint density at radius 2 is 1.77 bits per heavy atom. The van der Waals surface area contributed by atoms with E-state index >= 15 is 0 Å². The summed E-state index contributed by atoms with van der Waals surface area (Å²) in [5, 5.41) is 10.4. The number of halogens is 1. The first-order valence-electron chi connectivity index (χ1n) is 13.6. The smallest absolute Gasteiger partial charge is 0.288 e. The van der Waals surface area contributed by atoms with Crippen LogP contribution in [0.4, 0.5) is 23.0 Å². The molecule has 0 bridgehead atoms. The predicted octanol–water partition coefficient (Wildman–Crippen LogP) is 5.17. The van der Waals surface area contributed by atoms with E-state index in [1.165, 1.54) is 6.08 Å². The van der Waals surface area contributed by atoms with E-state index in [9.17, 15) is 9.59 Å². The number of likely N-dealkylation sites (N-methyl/N-ethyl adjacent to an activating group) is 1. The van der Waals surface area contributed by atoms with Gasteiger partial charge in [-0.2, -0.15) is 0 Å². The number of fused-ring (bicyclic) bond motifs is 1.